The van der Waals surface area contributed by atoms with E-state index in [-0.39, 0.29) is 6.54 Å². The summed E-state index contributed by atoms with van der Waals surface area (Å²) < 4.78 is 32.7. The standard InChI is InChI=1S/C14H16BrNO3S2/c1-10-13(8-14(15)20-10)21(17,18)16(2)9-11-6-4-5-7-12(11)19-3/h4-8H,9H2,1-3H3. The molecule has 0 spiro atoms. The van der Waals surface area contributed by atoms with Crippen molar-refractivity contribution < 1.29 is 13.2 Å². The lowest BCUT2D eigenvalue weighted by Gasteiger charge is -2.18. The molecule has 0 atom stereocenters. The molecule has 4 nitrogen and oxygen atoms in total. The molecule has 1 aromatic carbocycles. The second-order valence-corrected chi connectivity index (χ2v) is 9.19. The summed E-state index contributed by atoms with van der Waals surface area (Å²) in [4.78, 5) is 1.12. The number of methoxy groups -OCH3 is 1. The summed E-state index contributed by atoms with van der Waals surface area (Å²) in [7, 11) is -0.361. The van der Waals surface area contributed by atoms with Crippen molar-refractivity contribution in [1.29, 1.82) is 0 Å². The van der Waals surface area contributed by atoms with Crippen molar-refractivity contribution in [2.45, 2.75) is 18.4 Å². The van der Waals surface area contributed by atoms with E-state index in [1.165, 1.54) is 15.6 Å². The zero-order valence-electron chi connectivity index (χ0n) is 12.0. The quantitative estimate of drug-likeness (QED) is 0.783. The van der Waals surface area contributed by atoms with Crippen molar-refractivity contribution in [3.63, 3.8) is 0 Å². The fourth-order valence-electron chi connectivity index (χ4n) is 2.01. The summed E-state index contributed by atoms with van der Waals surface area (Å²) in [5.41, 5.74) is 0.832. The Labute approximate surface area is 137 Å². The molecule has 0 unspecified atom stereocenters. The van der Waals surface area contributed by atoms with Gasteiger partial charge in [-0.2, -0.15) is 4.31 Å². The Bertz CT molecular complexity index is 740. The number of thiophene rings is 1. The maximum absolute atomic E-state index is 12.6. The van der Waals surface area contributed by atoms with Crippen LogP contribution in [0.5, 0.6) is 5.75 Å². The minimum Gasteiger partial charge on any atom is -0.496 e. The second-order valence-electron chi connectivity index (χ2n) is 4.54. The monoisotopic (exact) mass is 389 g/mol. The first-order valence-corrected chi connectivity index (χ1v) is 9.25. The van der Waals surface area contributed by atoms with Gasteiger partial charge in [-0.05, 0) is 35.0 Å². The molecule has 0 aliphatic heterocycles. The molecule has 0 amide bonds. The van der Waals surface area contributed by atoms with E-state index >= 15 is 0 Å². The Hall–Kier alpha value is -0.890. The van der Waals surface area contributed by atoms with Gasteiger partial charge in [0.2, 0.25) is 10.0 Å². The van der Waals surface area contributed by atoms with Crippen molar-refractivity contribution >= 4 is 37.3 Å². The number of ether oxygens (including phenoxy) is 1. The van der Waals surface area contributed by atoms with E-state index < -0.39 is 10.0 Å². The number of benzene rings is 1. The zero-order valence-corrected chi connectivity index (χ0v) is 15.2. The van der Waals surface area contributed by atoms with Crippen LogP contribution in [0.25, 0.3) is 0 Å². The fraction of sp³-hybridized carbons (Fsp3) is 0.286. The van der Waals surface area contributed by atoms with Crippen LogP contribution in [-0.2, 0) is 16.6 Å². The number of hydrogen-bond donors (Lipinski definition) is 0. The smallest absolute Gasteiger partial charge is 0.244 e. The van der Waals surface area contributed by atoms with Crippen molar-refractivity contribution in [3.05, 3.63) is 44.6 Å². The second kappa shape index (κ2) is 6.48. The molecule has 2 aromatic rings. The highest BCUT2D eigenvalue weighted by molar-refractivity contribution is 9.11. The van der Waals surface area contributed by atoms with Gasteiger partial charge in [-0.15, -0.1) is 11.3 Å². The molecular weight excluding hydrogens is 374 g/mol. The van der Waals surface area contributed by atoms with Crippen molar-refractivity contribution in [1.82, 2.24) is 4.31 Å². The lowest BCUT2D eigenvalue weighted by atomic mass is 10.2. The number of aryl methyl sites for hydroxylation is 1. The highest BCUT2D eigenvalue weighted by atomic mass is 79.9. The maximum Gasteiger partial charge on any atom is 0.244 e. The van der Waals surface area contributed by atoms with Crippen molar-refractivity contribution in [3.8, 4) is 5.75 Å². The molecule has 0 fully saturated rings. The first kappa shape index (κ1) is 16.5. The average molecular weight is 390 g/mol. The molecule has 0 aliphatic rings. The lowest BCUT2D eigenvalue weighted by Crippen LogP contribution is -2.26. The molecule has 114 valence electrons. The number of halogens is 1. The van der Waals surface area contributed by atoms with Crippen LogP contribution in [0.4, 0.5) is 0 Å². The highest BCUT2D eigenvalue weighted by Crippen LogP contribution is 2.32. The van der Waals surface area contributed by atoms with Crippen LogP contribution in [0.1, 0.15) is 10.4 Å². The maximum atomic E-state index is 12.6. The molecule has 2 rings (SSSR count). The van der Waals surface area contributed by atoms with Crippen LogP contribution in [0.3, 0.4) is 0 Å². The highest BCUT2D eigenvalue weighted by Gasteiger charge is 2.25. The number of hydrogen-bond acceptors (Lipinski definition) is 4. The normalized spacial score (nSPS) is 11.9. The van der Waals surface area contributed by atoms with Crippen molar-refractivity contribution in [2.24, 2.45) is 0 Å². The number of nitrogens with zero attached hydrogens (tertiary/aromatic N) is 1. The third-order valence-electron chi connectivity index (χ3n) is 3.12. The summed E-state index contributed by atoms with van der Waals surface area (Å²) in [5, 5.41) is 0. The van der Waals surface area contributed by atoms with Crippen LogP contribution in [0, 0.1) is 6.92 Å². The topological polar surface area (TPSA) is 46.6 Å². The molecule has 21 heavy (non-hydrogen) atoms. The average Bonchev–Trinajstić information content (AvgIpc) is 2.79. The SMILES string of the molecule is COc1ccccc1CN(C)S(=O)(=O)c1cc(Br)sc1C. The van der Waals surface area contributed by atoms with Gasteiger partial charge in [-0.3, -0.25) is 0 Å². The molecule has 0 saturated carbocycles. The Kier molecular flexibility index (Phi) is 5.08. The van der Waals surface area contributed by atoms with E-state index in [9.17, 15) is 8.42 Å². The first-order valence-electron chi connectivity index (χ1n) is 6.20. The van der Waals surface area contributed by atoms with E-state index in [0.717, 1.165) is 14.2 Å². The van der Waals surface area contributed by atoms with Crippen molar-refractivity contribution in [2.75, 3.05) is 14.2 Å². The predicted octanol–water partition coefficient (Wildman–Crippen LogP) is 3.65. The molecule has 0 bridgehead atoms. The Balaban J connectivity index is 2.31. The van der Waals surface area contributed by atoms with Crippen LogP contribution in [0.15, 0.2) is 39.0 Å². The van der Waals surface area contributed by atoms with Gasteiger partial charge in [0.1, 0.15) is 5.75 Å². The number of para-hydroxylation sites is 1. The van der Waals surface area contributed by atoms with Crippen LogP contribution in [0.2, 0.25) is 0 Å². The van der Waals surface area contributed by atoms with Gasteiger partial charge < -0.3 is 4.74 Å². The van der Waals surface area contributed by atoms with Gasteiger partial charge in [-0.1, -0.05) is 18.2 Å². The van der Waals surface area contributed by atoms with Crippen LogP contribution in [-0.4, -0.2) is 26.9 Å². The Morgan fingerprint density at radius 3 is 2.57 bits per heavy atom. The van der Waals surface area contributed by atoms with Crippen LogP contribution < -0.4 is 4.74 Å². The van der Waals surface area contributed by atoms with Gasteiger partial charge in [0, 0.05) is 24.0 Å². The Morgan fingerprint density at radius 1 is 1.33 bits per heavy atom. The third-order valence-corrected chi connectivity index (χ3v) is 6.73. The van der Waals surface area contributed by atoms with Gasteiger partial charge in [0.25, 0.3) is 0 Å². The van der Waals surface area contributed by atoms with E-state index in [0.29, 0.717) is 10.6 Å². The zero-order chi connectivity index (χ0) is 15.6. The summed E-state index contributed by atoms with van der Waals surface area (Å²) in [5.74, 6) is 0.683. The van der Waals surface area contributed by atoms with Gasteiger partial charge >= 0.3 is 0 Å². The third kappa shape index (κ3) is 3.48. The first-order chi connectivity index (χ1) is 9.86. The number of sulfonamides is 1. The van der Waals surface area contributed by atoms with E-state index in [4.69, 9.17) is 4.74 Å². The Morgan fingerprint density at radius 2 is 2.00 bits per heavy atom. The fourth-order valence-corrected chi connectivity index (χ4v) is 5.54. The van der Waals surface area contributed by atoms with Gasteiger partial charge in [-0.25, -0.2) is 8.42 Å². The number of rotatable bonds is 5. The molecule has 0 N–H and O–H groups in total. The van der Waals surface area contributed by atoms with E-state index in [1.807, 2.05) is 24.3 Å². The summed E-state index contributed by atoms with van der Waals surface area (Å²) in [6.45, 7) is 2.07. The summed E-state index contributed by atoms with van der Waals surface area (Å²) in [6, 6.07) is 9.05. The largest absolute Gasteiger partial charge is 0.496 e. The van der Waals surface area contributed by atoms with E-state index in [2.05, 4.69) is 15.9 Å². The summed E-state index contributed by atoms with van der Waals surface area (Å²) in [6.07, 6.45) is 0. The lowest BCUT2D eigenvalue weighted by molar-refractivity contribution is 0.398. The molecule has 0 saturated heterocycles. The molecule has 1 aromatic heterocycles. The molecule has 7 heteroatoms. The minimum absolute atomic E-state index is 0.263. The predicted molar refractivity (Wildman–Crippen MR) is 88.4 cm³/mol. The van der Waals surface area contributed by atoms with E-state index in [1.54, 1.807) is 27.1 Å². The van der Waals surface area contributed by atoms with Gasteiger partial charge in [0.15, 0.2) is 0 Å². The molecule has 1 heterocycles. The van der Waals surface area contributed by atoms with Crippen LogP contribution >= 0.6 is 27.3 Å². The molecular formula is C14H16BrNO3S2. The molecule has 0 aliphatic carbocycles. The van der Waals surface area contributed by atoms with Gasteiger partial charge in [0.05, 0.1) is 15.8 Å². The molecule has 0 radical (unpaired) electrons. The minimum atomic E-state index is -3.51. The summed E-state index contributed by atoms with van der Waals surface area (Å²) >= 11 is 4.74.